The van der Waals surface area contributed by atoms with Crippen LogP contribution in [-0.2, 0) is 0 Å². The van der Waals surface area contributed by atoms with Gasteiger partial charge in [-0.25, -0.2) is 0 Å². The van der Waals surface area contributed by atoms with Crippen LogP contribution in [0.1, 0.15) is 32.6 Å². The van der Waals surface area contributed by atoms with Gasteiger partial charge in [-0.05, 0) is 18.4 Å². The third kappa shape index (κ3) is 5.86. The van der Waals surface area contributed by atoms with E-state index in [4.69, 9.17) is 5.11 Å². The van der Waals surface area contributed by atoms with Gasteiger partial charge in [-0.3, -0.25) is 0 Å². The van der Waals surface area contributed by atoms with Gasteiger partial charge in [-0.1, -0.05) is 38.5 Å². The highest BCUT2D eigenvalue weighted by molar-refractivity contribution is 5.15. The highest BCUT2D eigenvalue weighted by Crippen LogP contribution is 2.03. The Balaban J connectivity index is 3.44. The van der Waals surface area contributed by atoms with Gasteiger partial charge in [0.2, 0.25) is 0 Å². The summed E-state index contributed by atoms with van der Waals surface area (Å²) in [5, 5.41) is 8.74. The molecule has 0 radical (unpaired) electrons. The van der Waals surface area contributed by atoms with E-state index in [0.717, 1.165) is 12.0 Å². The number of aliphatic hydroxyl groups is 1. The number of hydrogen-bond acceptors (Lipinski definition) is 1. The minimum Gasteiger partial charge on any atom is -0.392 e. The molecule has 0 aliphatic carbocycles. The van der Waals surface area contributed by atoms with E-state index in [1.54, 1.807) is 6.08 Å². The minimum atomic E-state index is 0.121. The lowest BCUT2D eigenvalue weighted by atomic mass is 10.1. The lowest BCUT2D eigenvalue weighted by Crippen LogP contribution is -1.85. The Morgan fingerprint density at radius 3 is 2.64 bits per heavy atom. The summed E-state index contributed by atoms with van der Waals surface area (Å²) >= 11 is 0. The van der Waals surface area contributed by atoms with Gasteiger partial charge in [0.1, 0.15) is 0 Å². The minimum absolute atomic E-state index is 0.121. The molecule has 0 aliphatic heterocycles. The van der Waals surface area contributed by atoms with Crippen molar-refractivity contribution in [3.63, 3.8) is 0 Å². The van der Waals surface area contributed by atoms with Gasteiger partial charge in [-0.2, -0.15) is 0 Å². The first-order valence-corrected chi connectivity index (χ1v) is 4.27. The molecule has 0 saturated heterocycles. The number of hydrogen-bond donors (Lipinski definition) is 1. The maximum atomic E-state index is 8.74. The monoisotopic (exact) mass is 154 g/mol. The average Bonchev–Trinajstić information content (AvgIpc) is 2.05. The fourth-order valence-electron chi connectivity index (χ4n) is 0.894. The van der Waals surface area contributed by atoms with Crippen molar-refractivity contribution in [3.8, 4) is 0 Å². The van der Waals surface area contributed by atoms with Crippen LogP contribution in [0.5, 0.6) is 0 Å². The molecule has 11 heavy (non-hydrogen) atoms. The van der Waals surface area contributed by atoms with Crippen LogP contribution in [0.15, 0.2) is 24.3 Å². The molecule has 0 bridgehead atoms. The Bertz CT molecular complexity index is 125. The van der Waals surface area contributed by atoms with Crippen LogP contribution in [0.3, 0.4) is 0 Å². The van der Waals surface area contributed by atoms with Gasteiger partial charge in [0, 0.05) is 0 Å². The Morgan fingerprint density at radius 1 is 1.45 bits per heavy atom. The molecule has 0 aromatic heterocycles. The van der Waals surface area contributed by atoms with Crippen LogP contribution in [0.2, 0.25) is 0 Å². The molecule has 0 unspecified atom stereocenters. The second kappa shape index (κ2) is 7.55. The summed E-state index contributed by atoms with van der Waals surface area (Å²) < 4.78 is 0. The first kappa shape index (κ1) is 10.4. The molecule has 0 heterocycles. The van der Waals surface area contributed by atoms with E-state index in [0.29, 0.717) is 0 Å². The predicted molar refractivity (Wildman–Crippen MR) is 49.5 cm³/mol. The van der Waals surface area contributed by atoms with Gasteiger partial charge in [0.15, 0.2) is 0 Å². The van der Waals surface area contributed by atoms with Crippen LogP contribution in [0, 0.1) is 0 Å². The fourth-order valence-corrected chi connectivity index (χ4v) is 0.894. The summed E-state index contributed by atoms with van der Waals surface area (Å²) in [5.74, 6) is 0. The molecule has 1 nitrogen and oxygen atoms in total. The lowest BCUT2D eigenvalue weighted by molar-refractivity contribution is 0.334. The third-order valence-corrected chi connectivity index (χ3v) is 1.66. The molecule has 0 aromatic carbocycles. The number of rotatable bonds is 6. The van der Waals surface area contributed by atoms with Crippen molar-refractivity contribution in [3.05, 3.63) is 24.3 Å². The number of unbranched alkanes of at least 4 members (excludes halogenated alkanes) is 3. The number of allylic oxidation sites excluding steroid dienone is 1. The standard InChI is InChI=1S/C10H18O/c1-3-5-6-7-8-10(4-2)9-11/h4,8,11H,2-3,5-7,9H2,1H3/b10-8+. The van der Waals surface area contributed by atoms with Crippen molar-refractivity contribution in [2.75, 3.05) is 6.61 Å². The third-order valence-electron chi connectivity index (χ3n) is 1.66. The van der Waals surface area contributed by atoms with Crippen molar-refractivity contribution in [1.82, 2.24) is 0 Å². The first-order chi connectivity index (χ1) is 5.35. The summed E-state index contributed by atoms with van der Waals surface area (Å²) in [4.78, 5) is 0. The molecular formula is C10H18O. The molecule has 0 saturated carbocycles. The van der Waals surface area contributed by atoms with Crippen LogP contribution < -0.4 is 0 Å². The largest absolute Gasteiger partial charge is 0.392 e. The summed E-state index contributed by atoms with van der Waals surface area (Å²) in [5.41, 5.74) is 0.945. The smallest absolute Gasteiger partial charge is 0.0678 e. The van der Waals surface area contributed by atoms with Crippen LogP contribution in [0.4, 0.5) is 0 Å². The van der Waals surface area contributed by atoms with Gasteiger partial charge in [0.05, 0.1) is 6.61 Å². The molecule has 0 rings (SSSR count). The molecule has 0 spiro atoms. The van der Waals surface area contributed by atoms with Crippen molar-refractivity contribution in [1.29, 1.82) is 0 Å². The normalized spacial score (nSPS) is 11.6. The van der Waals surface area contributed by atoms with Crippen molar-refractivity contribution >= 4 is 0 Å². The van der Waals surface area contributed by atoms with E-state index >= 15 is 0 Å². The Hall–Kier alpha value is -0.560. The molecule has 0 fully saturated rings. The highest BCUT2D eigenvalue weighted by atomic mass is 16.3. The van der Waals surface area contributed by atoms with E-state index < -0.39 is 0 Å². The van der Waals surface area contributed by atoms with Crippen LogP contribution in [-0.4, -0.2) is 11.7 Å². The Morgan fingerprint density at radius 2 is 2.18 bits per heavy atom. The van der Waals surface area contributed by atoms with Gasteiger partial charge >= 0.3 is 0 Å². The summed E-state index contributed by atoms with van der Waals surface area (Å²) in [6.07, 6.45) is 8.57. The van der Waals surface area contributed by atoms with Crippen molar-refractivity contribution in [2.45, 2.75) is 32.6 Å². The second-order valence-electron chi connectivity index (χ2n) is 2.64. The number of aliphatic hydroxyl groups excluding tert-OH is 1. The maximum Gasteiger partial charge on any atom is 0.0678 e. The van der Waals surface area contributed by atoms with Crippen molar-refractivity contribution in [2.24, 2.45) is 0 Å². The summed E-state index contributed by atoms with van der Waals surface area (Å²) in [6.45, 7) is 5.91. The highest BCUT2D eigenvalue weighted by Gasteiger charge is 1.87. The average molecular weight is 154 g/mol. The van der Waals surface area contributed by atoms with Crippen molar-refractivity contribution < 1.29 is 5.11 Å². The summed E-state index contributed by atoms with van der Waals surface area (Å²) in [7, 11) is 0. The van der Waals surface area contributed by atoms with Crippen LogP contribution in [0.25, 0.3) is 0 Å². The SMILES string of the molecule is C=C/C(=C\CCCCC)CO. The molecule has 64 valence electrons. The van der Waals surface area contributed by atoms with Gasteiger partial charge in [-0.15, -0.1) is 0 Å². The maximum absolute atomic E-state index is 8.74. The molecule has 0 amide bonds. The van der Waals surface area contributed by atoms with Gasteiger partial charge in [0.25, 0.3) is 0 Å². The zero-order chi connectivity index (χ0) is 8.53. The second-order valence-corrected chi connectivity index (χ2v) is 2.64. The molecular weight excluding hydrogens is 136 g/mol. The van der Waals surface area contributed by atoms with Crippen LogP contribution >= 0.6 is 0 Å². The summed E-state index contributed by atoms with van der Waals surface area (Å²) in [6, 6.07) is 0. The molecule has 1 heteroatoms. The topological polar surface area (TPSA) is 20.2 Å². The van der Waals surface area contributed by atoms with E-state index in [9.17, 15) is 0 Å². The van der Waals surface area contributed by atoms with Gasteiger partial charge < -0.3 is 5.11 Å². The molecule has 0 atom stereocenters. The Kier molecular flexibility index (Phi) is 7.16. The lowest BCUT2D eigenvalue weighted by Gasteiger charge is -1.95. The zero-order valence-electron chi connectivity index (χ0n) is 7.34. The van der Waals surface area contributed by atoms with E-state index in [1.165, 1.54) is 19.3 Å². The Labute approximate surface area is 69.4 Å². The fraction of sp³-hybridized carbons (Fsp3) is 0.600. The zero-order valence-corrected chi connectivity index (χ0v) is 7.34. The van der Waals surface area contributed by atoms with E-state index in [1.807, 2.05) is 0 Å². The first-order valence-electron chi connectivity index (χ1n) is 4.27. The molecule has 1 N–H and O–H groups in total. The molecule has 0 aromatic rings. The van der Waals surface area contributed by atoms with E-state index in [-0.39, 0.29) is 6.61 Å². The quantitative estimate of drug-likeness (QED) is 0.460. The predicted octanol–water partition coefficient (Wildman–Crippen LogP) is 2.67. The molecule has 0 aliphatic rings. The van der Waals surface area contributed by atoms with E-state index in [2.05, 4.69) is 19.6 Å².